The molecule has 176 valence electrons. The van der Waals surface area contributed by atoms with Gasteiger partial charge in [0.15, 0.2) is 11.0 Å². The second-order valence-electron chi connectivity index (χ2n) is 8.09. The molecular formula is C27H28FN3O2S. The first kappa shape index (κ1) is 23.9. The van der Waals surface area contributed by atoms with Crippen molar-refractivity contribution in [1.82, 2.24) is 4.41 Å². The van der Waals surface area contributed by atoms with E-state index in [0.29, 0.717) is 22.7 Å². The van der Waals surface area contributed by atoms with Gasteiger partial charge in [-0.15, -0.1) is 0 Å². The van der Waals surface area contributed by atoms with Gasteiger partial charge in [0.1, 0.15) is 11.5 Å². The van der Waals surface area contributed by atoms with E-state index >= 15 is 0 Å². The third kappa shape index (κ3) is 4.54. The van der Waals surface area contributed by atoms with Crippen molar-refractivity contribution in [3.63, 3.8) is 0 Å². The average Bonchev–Trinajstić information content (AvgIpc) is 2.86. The number of likely N-dealkylation sites (N-methyl/N-ethyl adjacent to an activating group) is 1. The first-order valence-corrected chi connectivity index (χ1v) is 12.3. The van der Waals surface area contributed by atoms with Crippen molar-refractivity contribution in [3.05, 3.63) is 101 Å². The second kappa shape index (κ2) is 10.3. The standard InChI is InChI=1S/C27H28FN3O2S/c1-4-22(24-18-21(28)14-15-25(24)30(3)16-17-32)27-23-12-8-9-13-26(23)34(33)31(29-27)19(2)20-10-6-5-7-11-20/h4-15,18-19,32H,16-17H2,1-3H3/b22-4-. The zero-order chi connectivity index (χ0) is 24.2. The highest BCUT2D eigenvalue weighted by molar-refractivity contribution is 7.82. The van der Waals surface area contributed by atoms with Crippen LogP contribution in [0.4, 0.5) is 10.1 Å². The van der Waals surface area contributed by atoms with Gasteiger partial charge in [0.05, 0.1) is 17.5 Å². The molecule has 0 saturated carbocycles. The van der Waals surface area contributed by atoms with Crippen LogP contribution in [0.1, 0.15) is 36.6 Å². The van der Waals surface area contributed by atoms with Gasteiger partial charge in [0.2, 0.25) is 0 Å². The SMILES string of the molecule is C/C=C(\C1=NN(C(C)c2ccccc2)S(=O)c2ccccc21)c1cc(F)ccc1N(C)CCO. The van der Waals surface area contributed by atoms with Crippen molar-refractivity contribution in [3.8, 4) is 0 Å². The van der Waals surface area contributed by atoms with Gasteiger partial charge >= 0.3 is 0 Å². The Labute approximate surface area is 202 Å². The molecule has 1 aliphatic rings. The summed E-state index contributed by atoms with van der Waals surface area (Å²) in [5.41, 5.74) is 4.54. The number of nitrogens with zero attached hydrogens (tertiary/aromatic N) is 3. The van der Waals surface area contributed by atoms with Crippen LogP contribution in [0.3, 0.4) is 0 Å². The van der Waals surface area contributed by atoms with Crippen LogP contribution < -0.4 is 4.90 Å². The zero-order valence-electron chi connectivity index (χ0n) is 19.5. The van der Waals surface area contributed by atoms with Crippen molar-refractivity contribution in [2.24, 2.45) is 5.10 Å². The number of aliphatic hydroxyl groups is 1. The third-order valence-electron chi connectivity index (χ3n) is 5.95. The van der Waals surface area contributed by atoms with Crippen molar-refractivity contribution in [2.75, 3.05) is 25.1 Å². The highest BCUT2D eigenvalue weighted by atomic mass is 32.2. The summed E-state index contributed by atoms with van der Waals surface area (Å²) >= 11 is 0. The molecule has 4 rings (SSSR count). The monoisotopic (exact) mass is 477 g/mol. The molecule has 0 spiro atoms. The Bertz CT molecular complexity index is 1260. The zero-order valence-corrected chi connectivity index (χ0v) is 20.3. The van der Waals surface area contributed by atoms with Gasteiger partial charge in [-0.3, -0.25) is 0 Å². The molecule has 0 fully saturated rings. The maximum atomic E-state index is 14.5. The Morgan fingerprint density at radius 1 is 1.15 bits per heavy atom. The largest absolute Gasteiger partial charge is 0.395 e. The van der Waals surface area contributed by atoms with Crippen molar-refractivity contribution in [1.29, 1.82) is 0 Å². The van der Waals surface area contributed by atoms with E-state index in [0.717, 1.165) is 22.4 Å². The summed E-state index contributed by atoms with van der Waals surface area (Å²) in [5.74, 6) is -0.363. The van der Waals surface area contributed by atoms with Crippen LogP contribution in [-0.4, -0.2) is 39.6 Å². The molecule has 0 radical (unpaired) electrons. The highest BCUT2D eigenvalue weighted by Gasteiger charge is 2.32. The number of aliphatic hydroxyl groups excluding tert-OH is 1. The molecule has 0 aliphatic carbocycles. The Kier molecular flexibility index (Phi) is 7.24. The van der Waals surface area contributed by atoms with Crippen molar-refractivity contribution in [2.45, 2.75) is 24.8 Å². The van der Waals surface area contributed by atoms with Crippen LogP contribution in [0, 0.1) is 5.82 Å². The topological polar surface area (TPSA) is 56.1 Å². The number of fused-ring (bicyclic) bond motifs is 1. The molecule has 1 heterocycles. The number of benzene rings is 3. The summed E-state index contributed by atoms with van der Waals surface area (Å²) in [5, 5.41) is 14.4. The summed E-state index contributed by atoms with van der Waals surface area (Å²) in [6.07, 6.45) is 1.90. The van der Waals surface area contributed by atoms with Gasteiger partial charge in [-0.05, 0) is 43.7 Å². The fourth-order valence-corrected chi connectivity index (χ4v) is 5.45. The molecule has 1 N–H and O–H groups in total. The van der Waals surface area contributed by atoms with E-state index in [1.165, 1.54) is 12.1 Å². The van der Waals surface area contributed by atoms with Gasteiger partial charge in [0.25, 0.3) is 0 Å². The summed E-state index contributed by atoms with van der Waals surface area (Å²) in [6, 6.07) is 21.7. The van der Waals surface area contributed by atoms with E-state index < -0.39 is 11.0 Å². The number of rotatable bonds is 7. The van der Waals surface area contributed by atoms with Crippen molar-refractivity contribution < 1.29 is 13.7 Å². The molecule has 2 atom stereocenters. The van der Waals surface area contributed by atoms with Crippen LogP contribution in [0.25, 0.3) is 5.57 Å². The molecule has 0 aromatic heterocycles. The lowest BCUT2D eigenvalue weighted by Gasteiger charge is -2.32. The number of hydrogen-bond acceptors (Lipinski definition) is 4. The second-order valence-corrected chi connectivity index (χ2v) is 9.40. The van der Waals surface area contributed by atoms with Crippen LogP contribution in [0.5, 0.6) is 0 Å². The summed E-state index contributed by atoms with van der Waals surface area (Å²) in [4.78, 5) is 2.55. The Morgan fingerprint density at radius 2 is 1.85 bits per heavy atom. The third-order valence-corrected chi connectivity index (χ3v) is 7.42. The predicted molar refractivity (Wildman–Crippen MR) is 136 cm³/mol. The molecule has 0 amide bonds. The molecule has 0 saturated heterocycles. The summed E-state index contributed by atoms with van der Waals surface area (Å²) < 4.78 is 29.6. The van der Waals surface area contributed by atoms with Crippen LogP contribution in [0.15, 0.2) is 88.9 Å². The molecule has 7 heteroatoms. The van der Waals surface area contributed by atoms with Crippen LogP contribution in [0.2, 0.25) is 0 Å². The molecule has 0 bridgehead atoms. The molecule has 1 aliphatic heterocycles. The first-order chi connectivity index (χ1) is 16.5. The fraction of sp³-hybridized carbons (Fsp3) is 0.222. The molecule has 2 unspecified atom stereocenters. The lowest BCUT2D eigenvalue weighted by molar-refractivity contribution is 0.304. The van der Waals surface area contributed by atoms with E-state index in [2.05, 4.69) is 0 Å². The average molecular weight is 478 g/mol. The number of halogens is 1. The Hall–Kier alpha value is -3.29. The van der Waals surface area contributed by atoms with Crippen LogP contribution in [-0.2, 0) is 11.0 Å². The normalized spacial score (nSPS) is 16.6. The van der Waals surface area contributed by atoms with E-state index in [4.69, 9.17) is 5.10 Å². The predicted octanol–water partition coefficient (Wildman–Crippen LogP) is 5.16. The van der Waals surface area contributed by atoms with Crippen molar-refractivity contribution >= 4 is 28.0 Å². The minimum atomic E-state index is -1.50. The smallest absolute Gasteiger partial charge is 0.170 e. The fourth-order valence-electron chi connectivity index (χ4n) is 4.14. The number of hydrogen-bond donors (Lipinski definition) is 1. The lowest BCUT2D eigenvalue weighted by atomic mass is 9.93. The molecule has 34 heavy (non-hydrogen) atoms. The molecular weight excluding hydrogens is 449 g/mol. The Morgan fingerprint density at radius 3 is 2.56 bits per heavy atom. The first-order valence-electron chi connectivity index (χ1n) is 11.2. The van der Waals surface area contributed by atoms with Gasteiger partial charge < -0.3 is 10.0 Å². The maximum Gasteiger partial charge on any atom is 0.170 e. The number of allylic oxidation sites excluding steroid dienone is 2. The maximum absolute atomic E-state index is 14.5. The highest BCUT2D eigenvalue weighted by Crippen LogP contribution is 2.37. The van der Waals surface area contributed by atoms with Gasteiger partial charge in [0, 0.05) is 36.0 Å². The molecule has 3 aromatic carbocycles. The number of anilines is 1. The van der Waals surface area contributed by atoms with Gasteiger partial charge in [-0.2, -0.15) is 5.10 Å². The number of hydrazone groups is 1. The van der Waals surface area contributed by atoms with E-state index in [9.17, 15) is 13.7 Å². The van der Waals surface area contributed by atoms with E-state index in [-0.39, 0.29) is 18.5 Å². The Balaban J connectivity index is 1.89. The molecule has 5 nitrogen and oxygen atoms in total. The summed E-state index contributed by atoms with van der Waals surface area (Å²) in [6.45, 7) is 4.24. The minimum Gasteiger partial charge on any atom is -0.395 e. The lowest BCUT2D eigenvalue weighted by Crippen LogP contribution is -2.31. The van der Waals surface area contributed by atoms with Gasteiger partial charge in [-0.1, -0.05) is 54.6 Å². The van der Waals surface area contributed by atoms with E-state index in [1.807, 2.05) is 86.5 Å². The van der Waals surface area contributed by atoms with E-state index in [1.54, 1.807) is 10.5 Å². The van der Waals surface area contributed by atoms with Gasteiger partial charge in [-0.25, -0.2) is 13.0 Å². The minimum absolute atomic E-state index is 0.0242. The molecule has 3 aromatic rings. The quantitative estimate of drug-likeness (QED) is 0.511. The summed E-state index contributed by atoms with van der Waals surface area (Å²) in [7, 11) is 0.357. The van der Waals surface area contributed by atoms with Crippen LogP contribution >= 0.6 is 0 Å².